The van der Waals surface area contributed by atoms with Crippen LogP contribution in [-0.2, 0) is 11.2 Å². The summed E-state index contributed by atoms with van der Waals surface area (Å²) in [5.41, 5.74) is 1.80. The minimum Gasteiger partial charge on any atom is -0.465 e. The van der Waals surface area contributed by atoms with E-state index in [0.717, 1.165) is 12.1 Å². The van der Waals surface area contributed by atoms with E-state index < -0.39 is 5.97 Å². The summed E-state index contributed by atoms with van der Waals surface area (Å²) in [6.07, 6.45) is 3.90. The minimum atomic E-state index is -0.407. The van der Waals surface area contributed by atoms with Crippen LogP contribution in [0.2, 0.25) is 0 Å². The van der Waals surface area contributed by atoms with Crippen LogP contribution in [0.25, 0.3) is 11.6 Å². The molecule has 2 aromatic heterocycles. The molecule has 5 heteroatoms. The second-order valence-electron chi connectivity index (χ2n) is 3.42. The van der Waals surface area contributed by atoms with Gasteiger partial charge in [-0.1, -0.05) is 6.92 Å². The number of nitrogens with zero attached hydrogens (tertiary/aromatic N) is 2. The summed E-state index contributed by atoms with van der Waals surface area (Å²) in [7, 11) is 1.34. The van der Waals surface area contributed by atoms with Crippen LogP contribution in [0.5, 0.6) is 0 Å². The normalized spacial score (nSPS) is 10.2. The van der Waals surface area contributed by atoms with Crippen molar-refractivity contribution in [1.29, 1.82) is 0 Å². The fourth-order valence-electron chi connectivity index (χ4n) is 1.38. The summed E-state index contributed by atoms with van der Waals surface area (Å²) in [6.45, 7) is 1.99. The maximum Gasteiger partial charge on any atom is 0.337 e. The number of carbonyl (C=O) groups excluding carboxylic acids is 1. The Balaban J connectivity index is 2.35. The number of carbonyl (C=O) groups is 1. The van der Waals surface area contributed by atoms with Gasteiger partial charge < -0.3 is 9.15 Å². The Kier molecular flexibility index (Phi) is 3.18. The Morgan fingerprint density at radius 3 is 3.00 bits per heavy atom. The van der Waals surface area contributed by atoms with Crippen LogP contribution in [0.1, 0.15) is 23.0 Å². The Bertz CT molecular complexity index is 534. The number of pyridine rings is 1. The Morgan fingerprint density at radius 2 is 2.35 bits per heavy atom. The molecule has 0 unspecified atom stereocenters. The molecular weight excluding hydrogens is 220 g/mol. The molecule has 0 aliphatic rings. The SMILES string of the molecule is CCc1coc(-c2cc(C(=O)OC)ccn2)n1. The summed E-state index contributed by atoms with van der Waals surface area (Å²) < 4.78 is 9.92. The van der Waals surface area contributed by atoms with Crippen molar-refractivity contribution < 1.29 is 13.9 Å². The topological polar surface area (TPSA) is 65.2 Å². The molecule has 5 nitrogen and oxygen atoms in total. The van der Waals surface area contributed by atoms with Crippen LogP contribution < -0.4 is 0 Å². The summed E-state index contributed by atoms with van der Waals surface area (Å²) >= 11 is 0. The smallest absolute Gasteiger partial charge is 0.337 e. The van der Waals surface area contributed by atoms with Crippen molar-refractivity contribution in [3.8, 4) is 11.6 Å². The standard InChI is InChI=1S/C12H12N2O3/c1-3-9-7-17-11(14-9)10-6-8(4-5-13-10)12(15)16-2/h4-7H,3H2,1-2H3. The molecule has 0 saturated heterocycles. The molecular formula is C12H12N2O3. The van der Waals surface area contributed by atoms with E-state index >= 15 is 0 Å². The highest BCUT2D eigenvalue weighted by Crippen LogP contribution is 2.17. The molecule has 0 aliphatic carbocycles. The van der Waals surface area contributed by atoms with Gasteiger partial charge in [-0.25, -0.2) is 9.78 Å². The number of esters is 1. The van der Waals surface area contributed by atoms with E-state index in [2.05, 4.69) is 14.7 Å². The van der Waals surface area contributed by atoms with Crippen LogP contribution in [0, 0.1) is 0 Å². The quantitative estimate of drug-likeness (QED) is 0.758. The molecule has 0 aromatic carbocycles. The molecule has 0 atom stereocenters. The Morgan fingerprint density at radius 1 is 1.53 bits per heavy atom. The fraction of sp³-hybridized carbons (Fsp3) is 0.250. The number of hydrogen-bond acceptors (Lipinski definition) is 5. The van der Waals surface area contributed by atoms with Crippen molar-refractivity contribution in [2.24, 2.45) is 0 Å². The molecule has 88 valence electrons. The third-order valence-corrected chi connectivity index (χ3v) is 2.31. The first-order chi connectivity index (χ1) is 8.24. The summed E-state index contributed by atoms with van der Waals surface area (Å²) in [5, 5.41) is 0. The lowest BCUT2D eigenvalue weighted by molar-refractivity contribution is 0.0600. The first-order valence-electron chi connectivity index (χ1n) is 5.23. The third-order valence-electron chi connectivity index (χ3n) is 2.31. The molecule has 0 fully saturated rings. The lowest BCUT2D eigenvalue weighted by Gasteiger charge is -1.99. The highest BCUT2D eigenvalue weighted by molar-refractivity contribution is 5.90. The van der Waals surface area contributed by atoms with Crippen molar-refractivity contribution in [2.75, 3.05) is 7.11 Å². The number of hydrogen-bond donors (Lipinski definition) is 0. The molecule has 0 radical (unpaired) electrons. The number of aromatic nitrogens is 2. The zero-order chi connectivity index (χ0) is 12.3. The molecule has 17 heavy (non-hydrogen) atoms. The van der Waals surface area contributed by atoms with Gasteiger partial charge in [-0.2, -0.15) is 0 Å². The highest BCUT2D eigenvalue weighted by atomic mass is 16.5. The monoisotopic (exact) mass is 232 g/mol. The van der Waals surface area contributed by atoms with E-state index in [1.165, 1.54) is 13.3 Å². The largest absolute Gasteiger partial charge is 0.465 e. The van der Waals surface area contributed by atoms with Gasteiger partial charge in [0.05, 0.1) is 18.4 Å². The molecule has 0 N–H and O–H groups in total. The van der Waals surface area contributed by atoms with Gasteiger partial charge in [0.15, 0.2) is 0 Å². The van der Waals surface area contributed by atoms with Gasteiger partial charge in [-0.3, -0.25) is 4.98 Å². The molecule has 0 saturated carbocycles. The maximum absolute atomic E-state index is 11.4. The Hall–Kier alpha value is -2.17. The zero-order valence-corrected chi connectivity index (χ0v) is 9.64. The van der Waals surface area contributed by atoms with Crippen molar-refractivity contribution in [1.82, 2.24) is 9.97 Å². The van der Waals surface area contributed by atoms with Crippen LogP contribution >= 0.6 is 0 Å². The van der Waals surface area contributed by atoms with Crippen LogP contribution in [0.4, 0.5) is 0 Å². The van der Waals surface area contributed by atoms with Crippen molar-refractivity contribution in [3.05, 3.63) is 35.9 Å². The lowest BCUT2D eigenvalue weighted by Crippen LogP contribution is -2.01. The summed E-state index contributed by atoms with van der Waals surface area (Å²) in [5.74, 6) is 0.00326. The van der Waals surface area contributed by atoms with E-state index in [9.17, 15) is 4.79 Å². The Labute approximate surface area is 98.5 Å². The van der Waals surface area contributed by atoms with E-state index in [1.807, 2.05) is 6.92 Å². The van der Waals surface area contributed by atoms with Crippen LogP contribution in [0.3, 0.4) is 0 Å². The second kappa shape index (κ2) is 4.78. The molecule has 0 spiro atoms. The van der Waals surface area contributed by atoms with Gasteiger partial charge in [0.25, 0.3) is 0 Å². The first kappa shape index (κ1) is 11.3. The summed E-state index contributed by atoms with van der Waals surface area (Å²) in [4.78, 5) is 19.7. The molecule has 2 rings (SSSR count). The van der Waals surface area contributed by atoms with E-state index in [-0.39, 0.29) is 0 Å². The zero-order valence-electron chi connectivity index (χ0n) is 9.64. The molecule has 2 aromatic rings. The summed E-state index contributed by atoms with van der Waals surface area (Å²) in [6, 6.07) is 3.18. The van der Waals surface area contributed by atoms with Gasteiger partial charge in [0.1, 0.15) is 12.0 Å². The van der Waals surface area contributed by atoms with Gasteiger partial charge >= 0.3 is 5.97 Å². The minimum absolute atomic E-state index is 0.407. The maximum atomic E-state index is 11.4. The number of aryl methyl sites for hydroxylation is 1. The van der Waals surface area contributed by atoms with Gasteiger partial charge in [-0.05, 0) is 18.6 Å². The predicted octanol–water partition coefficient (Wildman–Crippen LogP) is 2.09. The average molecular weight is 232 g/mol. The number of methoxy groups -OCH3 is 1. The van der Waals surface area contributed by atoms with E-state index in [4.69, 9.17) is 4.42 Å². The van der Waals surface area contributed by atoms with Crippen LogP contribution in [-0.4, -0.2) is 23.0 Å². The molecule has 0 bridgehead atoms. The van der Waals surface area contributed by atoms with Gasteiger partial charge in [-0.15, -0.1) is 0 Å². The van der Waals surface area contributed by atoms with Crippen molar-refractivity contribution >= 4 is 5.97 Å². The van der Waals surface area contributed by atoms with Crippen LogP contribution in [0.15, 0.2) is 29.0 Å². The van der Waals surface area contributed by atoms with Gasteiger partial charge in [0.2, 0.25) is 5.89 Å². The van der Waals surface area contributed by atoms with E-state index in [1.54, 1.807) is 18.4 Å². The first-order valence-corrected chi connectivity index (χ1v) is 5.23. The number of ether oxygens (including phenoxy) is 1. The average Bonchev–Trinajstić information content (AvgIpc) is 2.86. The molecule has 2 heterocycles. The fourth-order valence-corrected chi connectivity index (χ4v) is 1.38. The highest BCUT2D eigenvalue weighted by Gasteiger charge is 2.11. The van der Waals surface area contributed by atoms with Gasteiger partial charge in [0, 0.05) is 6.20 Å². The third kappa shape index (κ3) is 2.33. The van der Waals surface area contributed by atoms with E-state index in [0.29, 0.717) is 17.1 Å². The molecule has 0 amide bonds. The number of rotatable bonds is 3. The number of oxazole rings is 1. The predicted molar refractivity (Wildman–Crippen MR) is 60.5 cm³/mol. The second-order valence-corrected chi connectivity index (χ2v) is 3.42. The molecule has 0 aliphatic heterocycles. The van der Waals surface area contributed by atoms with Crippen molar-refractivity contribution in [3.63, 3.8) is 0 Å². The lowest BCUT2D eigenvalue weighted by atomic mass is 10.2. The van der Waals surface area contributed by atoms with Crippen molar-refractivity contribution in [2.45, 2.75) is 13.3 Å².